The highest BCUT2D eigenvalue weighted by Crippen LogP contribution is 2.22. The average Bonchev–Trinajstić information content (AvgIpc) is 2.74. The number of amides is 1. The number of hydrogen-bond acceptors (Lipinski definition) is 4. The van der Waals surface area contributed by atoms with Crippen LogP contribution < -0.4 is 10.6 Å². The molecule has 2 heterocycles. The number of nitrogen functional groups attached to an aromatic ring is 1. The summed E-state index contributed by atoms with van der Waals surface area (Å²) in [6.07, 6.45) is 4.59. The predicted molar refractivity (Wildman–Crippen MR) is 64.8 cm³/mol. The molecule has 5 heteroatoms. The topological polar surface area (TPSA) is 72.4 Å². The lowest BCUT2D eigenvalue weighted by atomic mass is 10.2. The first-order valence-electron chi connectivity index (χ1n) is 5.13. The van der Waals surface area contributed by atoms with Gasteiger partial charge in [-0.2, -0.15) is 0 Å². The van der Waals surface area contributed by atoms with Gasteiger partial charge in [0, 0.05) is 18.8 Å². The van der Waals surface area contributed by atoms with E-state index in [0.717, 1.165) is 5.56 Å². The maximum absolute atomic E-state index is 12.1. The Hall–Kier alpha value is -2.30. The van der Waals surface area contributed by atoms with E-state index >= 15 is 0 Å². The van der Waals surface area contributed by atoms with Crippen LogP contribution in [-0.4, -0.2) is 17.9 Å². The van der Waals surface area contributed by atoms with Gasteiger partial charge in [0.1, 0.15) is 0 Å². The van der Waals surface area contributed by atoms with E-state index in [0.29, 0.717) is 17.1 Å². The van der Waals surface area contributed by atoms with Crippen molar-refractivity contribution in [3.63, 3.8) is 0 Å². The van der Waals surface area contributed by atoms with Crippen molar-refractivity contribution in [2.45, 2.75) is 6.92 Å². The summed E-state index contributed by atoms with van der Waals surface area (Å²) in [5, 5.41) is 0. The summed E-state index contributed by atoms with van der Waals surface area (Å²) in [4.78, 5) is 17.5. The molecule has 88 valence electrons. The van der Waals surface area contributed by atoms with E-state index in [4.69, 9.17) is 10.2 Å². The Bertz CT molecular complexity index is 548. The van der Waals surface area contributed by atoms with Crippen molar-refractivity contribution in [1.82, 2.24) is 4.98 Å². The van der Waals surface area contributed by atoms with Crippen LogP contribution in [0.4, 0.5) is 11.4 Å². The number of anilines is 2. The largest absolute Gasteiger partial charge is 0.459 e. The number of nitrogens with two attached hydrogens (primary N) is 1. The molecule has 5 nitrogen and oxygen atoms in total. The number of hydrogen-bond donors (Lipinski definition) is 1. The maximum Gasteiger partial charge on any atom is 0.294 e. The molecular formula is C12H13N3O2. The quantitative estimate of drug-likeness (QED) is 0.855. The fourth-order valence-electron chi connectivity index (χ4n) is 1.56. The molecule has 2 aromatic heterocycles. The number of furan rings is 1. The molecule has 0 aromatic carbocycles. The highest BCUT2D eigenvalue weighted by atomic mass is 16.3. The number of pyridine rings is 1. The minimum atomic E-state index is -0.231. The Labute approximate surface area is 98.9 Å². The summed E-state index contributed by atoms with van der Waals surface area (Å²) in [5.41, 5.74) is 7.63. The summed E-state index contributed by atoms with van der Waals surface area (Å²) < 4.78 is 5.16. The third-order valence-electron chi connectivity index (χ3n) is 2.55. The van der Waals surface area contributed by atoms with Crippen LogP contribution in [0.1, 0.15) is 16.1 Å². The molecule has 2 N–H and O–H groups in total. The lowest BCUT2D eigenvalue weighted by Gasteiger charge is -2.17. The zero-order valence-corrected chi connectivity index (χ0v) is 9.68. The van der Waals surface area contributed by atoms with Crippen LogP contribution in [0.25, 0.3) is 0 Å². The summed E-state index contributed by atoms with van der Waals surface area (Å²) in [6, 6.07) is 3.43. The first-order valence-corrected chi connectivity index (χ1v) is 5.13. The highest BCUT2D eigenvalue weighted by Gasteiger charge is 2.19. The lowest BCUT2D eigenvalue weighted by Crippen LogP contribution is -2.27. The van der Waals surface area contributed by atoms with Crippen molar-refractivity contribution < 1.29 is 9.21 Å². The van der Waals surface area contributed by atoms with Crippen LogP contribution >= 0.6 is 0 Å². The fraction of sp³-hybridized carbons (Fsp3) is 0.167. The second-order valence-electron chi connectivity index (χ2n) is 3.73. The zero-order valence-electron chi connectivity index (χ0n) is 9.68. The van der Waals surface area contributed by atoms with E-state index in [-0.39, 0.29) is 5.91 Å². The predicted octanol–water partition coefficient (Wildman–Crippen LogP) is 1.84. The molecule has 0 spiro atoms. The van der Waals surface area contributed by atoms with E-state index in [2.05, 4.69) is 4.98 Å². The number of nitrogens with zero attached hydrogens (tertiary/aromatic N) is 2. The molecule has 0 aliphatic heterocycles. The molecule has 0 fully saturated rings. The molecule has 2 rings (SSSR count). The van der Waals surface area contributed by atoms with Gasteiger partial charge >= 0.3 is 0 Å². The monoisotopic (exact) mass is 231 g/mol. The van der Waals surface area contributed by atoms with Crippen molar-refractivity contribution in [2.24, 2.45) is 0 Å². The number of rotatable bonds is 2. The molecule has 0 aliphatic rings. The molecule has 1 amide bonds. The highest BCUT2D eigenvalue weighted by molar-refractivity contribution is 6.06. The van der Waals surface area contributed by atoms with Crippen molar-refractivity contribution in [2.75, 3.05) is 17.7 Å². The minimum Gasteiger partial charge on any atom is -0.459 e. The average molecular weight is 231 g/mol. The Morgan fingerprint density at radius 3 is 2.82 bits per heavy atom. The third kappa shape index (κ3) is 1.99. The second kappa shape index (κ2) is 4.29. The van der Waals surface area contributed by atoms with Gasteiger partial charge in [-0.05, 0) is 19.1 Å². The van der Waals surface area contributed by atoms with Crippen molar-refractivity contribution in [3.05, 3.63) is 42.1 Å². The van der Waals surface area contributed by atoms with Crippen LogP contribution in [0, 0.1) is 6.92 Å². The van der Waals surface area contributed by atoms with Gasteiger partial charge in [0.15, 0.2) is 5.76 Å². The van der Waals surface area contributed by atoms with Crippen molar-refractivity contribution in [1.29, 1.82) is 0 Å². The smallest absolute Gasteiger partial charge is 0.294 e. The van der Waals surface area contributed by atoms with Gasteiger partial charge in [-0.3, -0.25) is 9.78 Å². The molecule has 0 saturated heterocycles. The van der Waals surface area contributed by atoms with Gasteiger partial charge in [0.05, 0.1) is 23.8 Å². The molecule has 0 radical (unpaired) electrons. The molecule has 2 aromatic rings. The summed E-state index contributed by atoms with van der Waals surface area (Å²) in [7, 11) is 1.65. The number of carbonyl (C=O) groups is 1. The fourth-order valence-corrected chi connectivity index (χ4v) is 1.56. The van der Waals surface area contributed by atoms with Crippen LogP contribution in [-0.2, 0) is 0 Å². The minimum absolute atomic E-state index is 0.231. The van der Waals surface area contributed by atoms with Gasteiger partial charge in [0.2, 0.25) is 0 Å². The molecule has 17 heavy (non-hydrogen) atoms. The lowest BCUT2D eigenvalue weighted by molar-refractivity contribution is 0.0966. The van der Waals surface area contributed by atoms with Crippen LogP contribution in [0.2, 0.25) is 0 Å². The molecule has 0 aliphatic carbocycles. The second-order valence-corrected chi connectivity index (χ2v) is 3.73. The van der Waals surface area contributed by atoms with Gasteiger partial charge in [-0.25, -0.2) is 0 Å². The molecule has 0 atom stereocenters. The van der Waals surface area contributed by atoms with Crippen molar-refractivity contribution >= 4 is 17.3 Å². The first-order chi connectivity index (χ1) is 8.11. The van der Waals surface area contributed by atoms with Gasteiger partial charge in [-0.1, -0.05) is 0 Å². The SMILES string of the molecule is Cc1ccoc1C(=O)N(C)c1ccncc1N. The Balaban J connectivity index is 2.33. The summed E-state index contributed by atoms with van der Waals surface area (Å²) in [6.45, 7) is 1.82. The number of aryl methyl sites for hydroxylation is 1. The third-order valence-corrected chi connectivity index (χ3v) is 2.55. The van der Waals surface area contributed by atoms with Gasteiger partial charge < -0.3 is 15.1 Å². The van der Waals surface area contributed by atoms with Crippen molar-refractivity contribution in [3.8, 4) is 0 Å². The van der Waals surface area contributed by atoms with Gasteiger partial charge in [-0.15, -0.1) is 0 Å². The Morgan fingerprint density at radius 1 is 1.47 bits per heavy atom. The number of carbonyl (C=O) groups excluding carboxylic acids is 1. The molecule has 0 bridgehead atoms. The first kappa shape index (κ1) is 11.2. The van der Waals surface area contributed by atoms with E-state index in [1.807, 2.05) is 6.92 Å². The van der Waals surface area contributed by atoms with Gasteiger partial charge in [0.25, 0.3) is 5.91 Å². The number of aromatic nitrogens is 1. The Kier molecular flexibility index (Phi) is 2.82. The standard InChI is InChI=1S/C12H13N3O2/c1-8-4-6-17-11(8)12(16)15(2)10-3-5-14-7-9(10)13/h3-7H,13H2,1-2H3. The van der Waals surface area contributed by atoms with E-state index in [1.54, 1.807) is 25.4 Å². The van der Waals surface area contributed by atoms with Crippen LogP contribution in [0.5, 0.6) is 0 Å². The normalized spacial score (nSPS) is 10.2. The molecule has 0 saturated carbocycles. The van der Waals surface area contributed by atoms with E-state index in [1.165, 1.54) is 17.4 Å². The summed E-state index contributed by atoms with van der Waals surface area (Å²) >= 11 is 0. The summed E-state index contributed by atoms with van der Waals surface area (Å²) in [5.74, 6) is 0.0918. The molecular weight excluding hydrogens is 218 g/mol. The maximum atomic E-state index is 12.1. The molecule has 0 unspecified atom stereocenters. The van der Waals surface area contributed by atoms with E-state index < -0.39 is 0 Å². The van der Waals surface area contributed by atoms with Crippen LogP contribution in [0.3, 0.4) is 0 Å². The van der Waals surface area contributed by atoms with Crippen LogP contribution in [0.15, 0.2) is 35.2 Å². The Morgan fingerprint density at radius 2 is 2.24 bits per heavy atom. The zero-order chi connectivity index (χ0) is 12.4. The van der Waals surface area contributed by atoms with E-state index in [9.17, 15) is 4.79 Å².